The van der Waals surface area contributed by atoms with Crippen molar-refractivity contribution < 1.29 is 4.74 Å². The van der Waals surface area contributed by atoms with Crippen molar-refractivity contribution in [2.24, 2.45) is 0 Å². The molecule has 19 heavy (non-hydrogen) atoms. The topological polar surface area (TPSA) is 24.5 Å². The summed E-state index contributed by atoms with van der Waals surface area (Å²) in [7, 11) is 0. The normalized spacial score (nSPS) is 21.5. The minimum absolute atomic E-state index is 0.0522. The minimum atomic E-state index is -0.0522. The van der Waals surface area contributed by atoms with Crippen LogP contribution in [0.1, 0.15) is 26.3 Å². The summed E-state index contributed by atoms with van der Waals surface area (Å²) in [6.07, 6.45) is 0. The molecule has 106 valence electrons. The fraction of sp³-hybridized carbons (Fsp3) is 0.625. The predicted molar refractivity (Wildman–Crippen MR) is 79.2 cm³/mol. The van der Waals surface area contributed by atoms with E-state index in [1.54, 1.807) is 0 Å². The highest BCUT2D eigenvalue weighted by atomic mass is 16.5. The average Bonchev–Trinajstić information content (AvgIpc) is 2.37. The number of hydrogen-bond donors (Lipinski definition) is 1. The summed E-state index contributed by atoms with van der Waals surface area (Å²) in [5, 5.41) is 3.54. The van der Waals surface area contributed by atoms with Crippen LogP contribution >= 0.6 is 0 Å². The van der Waals surface area contributed by atoms with Crippen molar-refractivity contribution in [3.05, 3.63) is 35.9 Å². The molecule has 0 aromatic heterocycles. The van der Waals surface area contributed by atoms with Gasteiger partial charge in [0.1, 0.15) is 0 Å². The SMILES string of the molecule is CC(C)(C)OCC1CN(Cc2ccccc2)CCN1. The molecule has 1 atom stereocenters. The largest absolute Gasteiger partial charge is 0.374 e. The van der Waals surface area contributed by atoms with Gasteiger partial charge in [0.25, 0.3) is 0 Å². The Hall–Kier alpha value is -0.900. The molecule has 0 radical (unpaired) electrons. The highest BCUT2D eigenvalue weighted by molar-refractivity contribution is 5.14. The van der Waals surface area contributed by atoms with Crippen LogP contribution in [0, 0.1) is 0 Å². The van der Waals surface area contributed by atoms with Crippen molar-refractivity contribution in [1.82, 2.24) is 10.2 Å². The molecule has 1 aliphatic rings. The Morgan fingerprint density at radius 2 is 2.00 bits per heavy atom. The first kappa shape index (κ1) is 14.5. The number of nitrogens with zero attached hydrogens (tertiary/aromatic N) is 1. The van der Waals surface area contributed by atoms with E-state index in [4.69, 9.17) is 4.74 Å². The van der Waals surface area contributed by atoms with Crippen molar-refractivity contribution in [3.63, 3.8) is 0 Å². The van der Waals surface area contributed by atoms with Crippen LogP contribution in [0.5, 0.6) is 0 Å². The first-order valence-electron chi connectivity index (χ1n) is 7.16. The quantitative estimate of drug-likeness (QED) is 0.901. The van der Waals surface area contributed by atoms with E-state index in [9.17, 15) is 0 Å². The summed E-state index contributed by atoms with van der Waals surface area (Å²) in [5.74, 6) is 0. The van der Waals surface area contributed by atoms with E-state index in [2.05, 4.69) is 61.3 Å². The van der Waals surface area contributed by atoms with Crippen LogP contribution in [-0.4, -0.2) is 42.8 Å². The molecule has 1 heterocycles. The summed E-state index contributed by atoms with van der Waals surface area (Å²) in [4.78, 5) is 2.50. The Morgan fingerprint density at radius 3 is 2.68 bits per heavy atom. The third kappa shape index (κ3) is 5.31. The summed E-state index contributed by atoms with van der Waals surface area (Å²) >= 11 is 0. The molecule has 1 aliphatic heterocycles. The van der Waals surface area contributed by atoms with Crippen LogP contribution in [0.25, 0.3) is 0 Å². The van der Waals surface area contributed by atoms with Gasteiger partial charge in [0, 0.05) is 32.2 Å². The molecule has 0 bridgehead atoms. The molecule has 1 unspecified atom stereocenters. The summed E-state index contributed by atoms with van der Waals surface area (Å²) < 4.78 is 5.88. The van der Waals surface area contributed by atoms with Gasteiger partial charge in [0.05, 0.1) is 12.2 Å². The molecule has 0 saturated carbocycles. The van der Waals surface area contributed by atoms with E-state index >= 15 is 0 Å². The lowest BCUT2D eigenvalue weighted by atomic mass is 10.1. The molecule has 1 N–H and O–H groups in total. The average molecular weight is 262 g/mol. The summed E-state index contributed by atoms with van der Waals surface area (Å²) in [6.45, 7) is 11.4. The first-order chi connectivity index (χ1) is 9.03. The highest BCUT2D eigenvalue weighted by Crippen LogP contribution is 2.11. The van der Waals surface area contributed by atoms with Crippen molar-refractivity contribution in [1.29, 1.82) is 0 Å². The van der Waals surface area contributed by atoms with Crippen molar-refractivity contribution >= 4 is 0 Å². The van der Waals surface area contributed by atoms with Gasteiger partial charge < -0.3 is 10.1 Å². The van der Waals surface area contributed by atoms with E-state index in [0.29, 0.717) is 6.04 Å². The second-order valence-electron chi connectivity index (χ2n) is 6.30. The summed E-state index contributed by atoms with van der Waals surface area (Å²) in [6, 6.07) is 11.1. The molecular formula is C16H26N2O. The third-order valence-corrected chi connectivity index (χ3v) is 3.31. The molecule has 2 rings (SSSR count). The van der Waals surface area contributed by atoms with Gasteiger partial charge in [-0.05, 0) is 26.3 Å². The van der Waals surface area contributed by atoms with Gasteiger partial charge in [-0.25, -0.2) is 0 Å². The number of benzene rings is 1. The van der Waals surface area contributed by atoms with Crippen LogP contribution in [0.3, 0.4) is 0 Å². The lowest BCUT2D eigenvalue weighted by Gasteiger charge is -2.35. The third-order valence-electron chi connectivity index (χ3n) is 3.31. The van der Waals surface area contributed by atoms with Gasteiger partial charge in [-0.15, -0.1) is 0 Å². The van der Waals surface area contributed by atoms with Gasteiger partial charge in [-0.2, -0.15) is 0 Å². The monoisotopic (exact) mass is 262 g/mol. The van der Waals surface area contributed by atoms with Crippen LogP contribution in [0.4, 0.5) is 0 Å². The van der Waals surface area contributed by atoms with Crippen molar-refractivity contribution in [2.45, 2.75) is 39.0 Å². The molecule has 0 spiro atoms. The zero-order chi connectivity index (χ0) is 13.7. The molecule has 1 aromatic rings. The van der Waals surface area contributed by atoms with E-state index in [1.165, 1.54) is 5.56 Å². The molecule has 1 fully saturated rings. The molecular weight excluding hydrogens is 236 g/mol. The zero-order valence-corrected chi connectivity index (χ0v) is 12.4. The van der Waals surface area contributed by atoms with Gasteiger partial charge in [-0.1, -0.05) is 30.3 Å². The molecule has 0 amide bonds. The van der Waals surface area contributed by atoms with Crippen LogP contribution in [0.2, 0.25) is 0 Å². The van der Waals surface area contributed by atoms with Crippen LogP contribution < -0.4 is 5.32 Å². The number of nitrogens with one attached hydrogen (secondary N) is 1. The van der Waals surface area contributed by atoms with Gasteiger partial charge in [0.15, 0.2) is 0 Å². The number of ether oxygens (including phenoxy) is 1. The fourth-order valence-electron chi connectivity index (χ4n) is 2.34. The Balaban J connectivity index is 1.80. The van der Waals surface area contributed by atoms with Crippen LogP contribution in [-0.2, 0) is 11.3 Å². The van der Waals surface area contributed by atoms with E-state index in [-0.39, 0.29) is 5.60 Å². The second-order valence-corrected chi connectivity index (χ2v) is 6.30. The predicted octanol–water partition coefficient (Wildman–Crippen LogP) is 2.28. The first-order valence-corrected chi connectivity index (χ1v) is 7.16. The van der Waals surface area contributed by atoms with Crippen LogP contribution in [0.15, 0.2) is 30.3 Å². The van der Waals surface area contributed by atoms with E-state index in [0.717, 1.165) is 32.8 Å². The minimum Gasteiger partial charge on any atom is -0.374 e. The smallest absolute Gasteiger partial charge is 0.0639 e. The van der Waals surface area contributed by atoms with E-state index in [1.807, 2.05) is 0 Å². The maximum atomic E-state index is 5.88. The maximum Gasteiger partial charge on any atom is 0.0639 e. The van der Waals surface area contributed by atoms with Gasteiger partial charge >= 0.3 is 0 Å². The van der Waals surface area contributed by atoms with Gasteiger partial charge in [0.2, 0.25) is 0 Å². The highest BCUT2D eigenvalue weighted by Gasteiger charge is 2.21. The van der Waals surface area contributed by atoms with Gasteiger partial charge in [-0.3, -0.25) is 4.90 Å². The number of hydrogen-bond acceptors (Lipinski definition) is 3. The Bertz CT molecular complexity index is 372. The second kappa shape index (κ2) is 6.51. The number of rotatable bonds is 4. The molecule has 0 aliphatic carbocycles. The molecule has 3 nitrogen and oxygen atoms in total. The van der Waals surface area contributed by atoms with E-state index < -0.39 is 0 Å². The lowest BCUT2D eigenvalue weighted by Crippen LogP contribution is -2.52. The van der Waals surface area contributed by atoms with Crippen molar-refractivity contribution in [2.75, 3.05) is 26.2 Å². The molecule has 1 aromatic carbocycles. The lowest BCUT2D eigenvalue weighted by molar-refractivity contribution is -0.0233. The Morgan fingerprint density at radius 1 is 1.26 bits per heavy atom. The Kier molecular flexibility index (Phi) is 4.97. The molecule has 3 heteroatoms. The zero-order valence-electron chi connectivity index (χ0n) is 12.4. The molecule has 1 saturated heterocycles. The van der Waals surface area contributed by atoms with Crippen molar-refractivity contribution in [3.8, 4) is 0 Å². The number of piperazine rings is 1. The summed E-state index contributed by atoms with van der Waals surface area (Å²) in [5.41, 5.74) is 1.34. The fourth-order valence-corrected chi connectivity index (χ4v) is 2.34. The standard InChI is InChI=1S/C16H26N2O/c1-16(2,3)19-13-15-12-18(10-9-17-15)11-14-7-5-4-6-8-14/h4-8,15,17H,9-13H2,1-3H3. The maximum absolute atomic E-state index is 5.88. The Labute approximate surface area is 116 Å².